The van der Waals surface area contributed by atoms with Crippen LogP contribution in [0.3, 0.4) is 0 Å². The zero-order valence-corrected chi connectivity index (χ0v) is 10.2. The molecule has 2 aromatic rings. The Balaban J connectivity index is 2.68. The third-order valence-corrected chi connectivity index (χ3v) is 3.38. The van der Waals surface area contributed by atoms with Crippen molar-refractivity contribution in [1.82, 2.24) is 0 Å². The van der Waals surface area contributed by atoms with Gasteiger partial charge >= 0.3 is 5.97 Å². The van der Waals surface area contributed by atoms with Crippen LogP contribution in [-0.2, 0) is 4.74 Å². The van der Waals surface area contributed by atoms with E-state index >= 15 is 0 Å². The lowest BCUT2D eigenvalue weighted by Crippen LogP contribution is -2.18. The summed E-state index contributed by atoms with van der Waals surface area (Å²) in [5, 5.41) is 49.1. The number of rotatable bonds is 0. The predicted octanol–water partition coefficient (Wildman–Crippen LogP) is 1.13. The van der Waals surface area contributed by atoms with Gasteiger partial charge in [-0.3, -0.25) is 0 Å². The summed E-state index contributed by atoms with van der Waals surface area (Å²) in [6.45, 7) is 1.53. The molecule has 0 fully saturated rings. The second-order valence-electron chi connectivity index (χ2n) is 4.55. The smallest absolute Gasteiger partial charge is 0.345 e. The lowest BCUT2D eigenvalue weighted by Gasteiger charge is -2.25. The van der Waals surface area contributed by atoms with Gasteiger partial charge in [-0.15, -0.1) is 0 Å². The predicted molar refractivity (Wildman–Crippen MR) is 65.7 cm³/mol. The summed E-state index contributed by atoms with van der Waals surface area (Å²) in [6.07, 6.45) is -1.80. The molecule has 0 spiro atoms. The average Bonchev–Trinajstić information content (AvgIpc) is 2.34. The summed E-state index contributed by atoms with van der Waals surface area (Å²) < 4.78 is 4.60. The van der Waals surface area contributed by atoms with E-state index < -0.39 is 35.3 Å². The van der Waals surface area contributed by atoms with Crippen molar-refractivity contribution in [2.75, 3.05) is 0 Å². The standard InChI is InChI=1S/C13H10O7/c1-3-2-4(14)6-7-5(3)9(15)11(17)10(16)8(7)13(19)20-12(6)18/h2,13-17,19H,1H3/t13-/m1/s1. The van der Waals surface area contributed by atoms with Crippen LogP contribution in [0.1, 0.15) is 27.8 Å². The molecule has 20 heavy (non-hydrogen) atoms. The number of carbonyl (C=O) groups is 1. The van der Waals surface area contributed by atoms with Gasteiger partial charge in [0.15, 0.2) is 11.5 Å². The maximum absolute atomic E-state index is 11.8. The first-order chi connectivity index (χ1) is 9.34. The molecule has 0 saturated carbocycles. The first-order valence-corrected chi connectivity index (χ1v) is 5.66. The average molecular weight is 278 g/mol. The third-order valence-electron chi connectivity index (χ3n) is 3.38. The first-order valence-electron chi connectivity index (χ1n) is 5.66. The van der Waals surface area contributed by atoms with Crippen LogP contribution < -0.4 is 0 Å². The van der Waals surface area contributed by atoms with Crippen LogP contribution in [0.4, 0.5) is 0 Å². The van der Waals surface area contributed by atoms with E-state index in [9.17, 15) is 30.3 Å². The molecule has 1 heterocycles. The summed E-state index contributed by atoms with van der Waals surface area (Å²) in [4.78, 5) is 11.8. The van der Waals surface area contributed by atoms with Gasteiger partial charge in [-0.1, -0.05) is 0 Å². The van der Waals surface area contributed by atoms with Crippen LogP contribution in [-0.4, -0.2) is 31.5 Å². The maximum Gasteiger partial charge on any atom is 0.345 e. The van der Waals surface area contributed by atoms with E-state index in [-0.39, 0.29) is 21.9 Å². The van der Waals surface area contributed by atoms with Crippen molar-refractivity contribution < 1.29 is 35.1 Å². The topological polar surface area (TPSA) is 127 Å². The van der Waals surface area contributed by atoms with Gasteiger partial charge in [-0.05, 0) is 18.6 Å². The van der Waals surface area contributed by atoms with Crippen LogP contribution in [0.5, 0.6) is 23.0 Å². The number of hydrogen-bond acceptors (Lipinski definition) is 7. The van der Waals surface area contributed by atoms with Crippen molar-refractivity contribution in [2.24, 2.45) is 0 Å². The second kappa shape index (κ2) is 3.67. The first kappa shape index (κ1) is 12.4. The molecule has 0 saturated heterocycles. The largest absolute Gasteiger partial charge is 0.507 e. The Morgan fingerprint density at radius 2 is 1.70 bits per heavy atom. The van der Waals surface area contributed by atoms with Crippen LogP contribution in [0.2, 0.25) is 0 Å². The van der Waals surface area contributed by atoms with Crippen molar-refractivity contribution in [1.29, 1.82) is 0 Å². The molecule has 7 nitrogen and oxygen atoms in total. The van der Waals surface area contributed by atoms with E-state index in [4.69, 9.17) is 0 Å². The molecule has 5 N–H and O–H groups in total. The molecule has 3 rings (SSSR count). The molecular weight excluding hydrogens is 268 g/mol. The molecule has 104 valence electrons. The quantitative estimate of drug-likeness (QED) is 0.361. The fourth-order valence-corrected chi connectivity index (χ4v) is 2.52. The van der Waals surface area contributed by atoms with Crippen molar-refractivity contribution in [2.45, 2.75) is 13.2 Å². The maximum atomic E-state index is 11.8. The molecule has 1 aliphatic heterocycles. The molecule has 2 aromatic carbocycles. The molecule has 0 amide bonds. The number of phenolic OH excluding ortho intramolecular Hbond substituents is 4. The third kappa shape index (κ3) is 1.29. The summed E-state index contributed by atoms with van der Waals surface area (Å²) >= 11 is 0. The van der Waals surface area contributed by atoms with Gasteiger partial charge in [-0.2, -0.15) is 0 Å². The molecule has 1 atom stereocenters. The van der Waals surface area contributed by atoms with E-state index in [2.05, 4.69) is 4.74 Å². The minimum absolute atomic E-state index is 0.0425. The number of hydrogen-bond donors (Lipinski definition) is 5. The number of aryl methyl sites for hydroxylation is 1. The molecule has 0 radical (unpaired) electrons. The normalized spacial score (nSPS) is 17.3. The van der Waals surface area contributed by atoms with Gasteiger partial charge in [-0.25, -0.2) is 4.79 Å². The minimum atomic E-state index is -1.80. The summed E-state index contributed by atoms with van der Waals surface area (Å²) in [7, 11) is 0. The van der Waals surface area contributed by atoms with E-state index in [1.807, 2.05) is 0 Å². The van der Waals surface area contributed by atoms with Gasteiger partial charge in [0, 0.05) is 10.8 Å². The van der Waals surface area contributed by atoms with Crippen molar-refractivity contribution in [3.05, 3.63) is 22.8 Å². The Labute approximate surface area is 111 Å². The second-order valence-corrected chi connectivity index (χ2v) is 4.55. The van der Waals surface area contributed by atoms with Crippen molar-refractivity contribution in [3.8, 4) is 23.0 Å². The lowest BCUT2D eigenvalue weighted by atomic mass is 9.91. The molecule has 0 aromatic heterocycles. The highest BCUT2D eigenvalue weighted by Crippen LogP contribution is 2.52. The molecule has 7 heteroatoms. The molecule has 1 aliphatic rings. The summed E-state index contributed by atoms with van der Waals surface area (Å²) in [6, 6.07) is 1.22. The minimum Gasteiger partial charge on any atom is -0.507 e. The molecule has 0 aliphatic carbocycles. The van der Waals surface area contributed by atoms with E-state index in [0.29, 0.717) is 5.56 Å². The highest BCUT2D eigenvalue weighted by atomic mass is 16.6. The number of aliphatic hydroxyl groups excluding tert-OH is 1. The number of esters is 1. The molecular formula is C13H10O7. The fourth-order valence-electron chi connectivity index (χ4n) is 2.52. The molecule has 0 bridgehead atoms. The van der Waals surface area contributed by atoms with E-state index in [1.165, 1.54) is 13.0 Å². The van der Waals surface area contributed by atoms with Crippen LogP contribution in [0.25, 0.3) is 10.8 Å². The number of benzene rings is 2. The number of aromatic hydroxyl groups is 4. The van der Waals surface area contributed by atoms with Crippen molar-refractivity contribution >= 4 is 16.7 Å². The van der Waals surface area contributed by atoms with Crippen LogP contribution in [0.15, 0.2) is 6.07 Å². The van der Waals surface area contributed by atoms with E-state index in [1.54, 1.807) is 0 Å². The highest BCUT2D eigenvalue weighted by molar-refractivity contribution is 6.13. The van der Waals surface area contributed by atoms with Gasteiger partial charge in [0.1, 0.15) is 11.3 Å². The Kier molecular flexibility index (Phi) is 2.27. The number of aliphatic hydroxyl groups is 1. The highest BCUT2D eigenvalue weighted by Gasteiger charge is 2.36. The monoisotopic (exact) mass is 278 g/mol. The number of ether oxygens (including phenoxy) is 1. The van der Waals surface area contributed by atoms with Gasteiger partial charge in [0.25, 0.3) is 0 Å². The van der Waals surface area contributed by atoms with E-state index in [0.717, 1.165) is 0 Å². The fraction of sp³-hybridized carbons (Fsp3) is 0.154. The van der Waals surface area contributed by atoms with Gasteiger partial charge in [0.2, 0.25) is 12.0 Å². The zero-order chi connectivity index (χ0) is 14.8. The van der Waals surface area contributed by atoms with Gasteiger partial charge in [0.05, 0.1) is 5.56 Å². The SMILES string of the molecule is Cc1cc(O)c2c3c(c(O)c(O)c(O)c13)[C@H](O)OC2=O. The Bertz CT molecular complexity index is 779. The Morgan fingerprint density at radius 1 is 1.05 bits per heavy atom. The lowest BCUT2D eigenvalue weighted by molar-refractivity contribution is -0.0698. The zero-order valence-electron chi connectivity index (χ0n) is 10.2. The van der Waals surface area contributed by atoms with Gasteiger partial charge < -0.3 is 30.3 Å². The van der Waals surface area contributed by atoms with Crippen molar-refractivity contribution in [3.63, 3.8) is 0 Å². The van der Waals surface area contributed by atoms with Crippen LogP contribution in [0, 0.1) is 6.92 Å². The number of phenols is 4. The molecule has 0 unspecified atom stereocenters. The Morgan fingerprint density at radius 3 is 2.35 bits per heavy atom. The summed E-state index contributed by atoms with van der Waals surface area (Å²) in [5.74, 6) is -3.66. The Hall–Kier alpha value is -2.67. The van der Waals surface area contributed by atoms with Crippen LogP contribution >= 0.6 is 0 Å². The number of cyclic esters (lactones) is 1. The summed E-state index contributed by atoms with van der Waals surface area (Å²) in [5.41, 5.74) is -0.197. The number of carbonyl (C=O) groups excluding carboxylic acids is 1.